The molecule has 0 aromatic heterocycles. The largest absolute Gasteiger partial charge is 0.287 e. The van der Waals surface area contributed by atoms with Crippen molar-refractivity contribution in [1.29, 1.82) is 0 Å². The molecule has 0 amide bonds. The number of benzene rings is 1. The minimum Gasteiger partial charge on any atom is -0.287 e. The van der Waals surface area contributed by atoms with Gasteiger partial charge in [0.2, 0.25) is 0 Å². The molecular formula is C16H24N2. The minimum atomic E-state index is 0.348. The third kappa shape index (κ3) is 1.70. The summed E-state index contributed by atoms with van der Waals surface area (Å²) in [4.78, 5) is 5.22. The van der Waals surface area contributed by atoms with Gasteiger partial charge in [-0.05, 0) is 38.5 Å². The van der Waals surface area contributed by atoms with Gasteiger partial charge in [0.1, 0.15) is 0 Å². The Kier molecular flexibility index (Phi) is 2.95. The van der Waals surface area contributed by atoms with E-state index >= 15 is 0 Å². The lowest BCUT2D eigenvalue weighted by molar-refractivity contribution is -0.174. The third-order valence-corrected chi connectivity index (χ3v) is 4.77. The standard InChI is InChI=1S/C16H24N2/c1-16(2)14(13-9-5-4-6-10-13)17(3)15(16)18-11-7-8-12-18/h4-6,9-10,14-15H,7-8,11-12H2,1-3H3. The molecule has 0 radical (unpaired) electrons. The molecule has 18 heavy (non-hydrogen) atoms. The van der Waals surface area contributed by atoms with Crippen LogP contribution >= 0.6 is 0 Å². The quantitative estimate of drug-likeness (QED) is 0.788. The van der Waals surface area contributed by atoms with E-state index in [9.17, 15) is 0 Å². The zero-order valence-corrected chi connectivity index (χ0v) is 11.8. The molecule has 2 aliphatic heterocycles. The van der Waals surface area contributed by atoms with Gasteiger partial charge in [0, 0.05) is 11.5 Å². The van der Waals surface area contributed by atoms with E-state index in [1.54, 1.807) is 0 Å². The van der Waals surface area contributed by atoms with Crippen LogP contribution in [0.15, 0.2) is 30.3 Å². The molecule has 2 fully saturated rings. The van der Waals surface area contributed by atoms with E-state index in [0.717, 1.165) is 0 Å². The van der Waals surface area contributed by atoms with Crippen molar-refractivity contribution in [3.63, 3.8) is 0 Å². The SMILES string of the molecule is CN1C(c2ccccc2)C(C)(C)C1N1CCCC1. The van der Waals surface area contributed by atoms with Crippen molar-refractivity contribution in [2.75, 3.05) is 20.1 Å². The summed E-state index contributed by atoms with van der Waals surface area (Å²) in [6.45, 7) is 7.40. The first-order valence-corrected chi connectivity index (χ1v) is 7.13. The maximum atomic E-state index is 2.67. The van der Waals surface area contributed by atoms with E-state index in [0.29, 0.717) is 17.6 Å². The molecule has 2 saturated heterocycles. The zero-order valence-electron chi connectivity index (χ0n) is 11.8. The summed E-state index contributed by atoms with van der Waals surface area (Å²) < 4.78 is 0. The second kappa shape index (κ2) is 4.36. The first-order chi connectivity index (χ1) is 8.62. The van der Waals surface area contributed by atoms with Crippen LogP contribution in [0.1, 0.15) is 38.3 Å². The average Bonchev–Trinajstić information content (AvgIpc) is 2.83. The Morgan fingerprint density at radius 3 is 2.22 bits per heavy atom. The Bertz CT molecular complexity index is 406. The second-order valence-electron chi connectivity index (χ2n) is 6.42. The molecule has 0 spiro atoms. The van der Waals surface area contributed by atoms with Crippen molar-refractivity contribution >= 4 is 0 Å². The Hall–Kier alpha value is -0.860. The van der Waals surface area contributed by atoms with Crippen LogP contribution in [-0.2, 0) is 0 Å². The Morgan fingerprint density at radius 1 is 1.06 bits per heavy atom. The van der Waals surface area contributed by atoms with Crippen molar-refractivity contribution in [2.45, 2.75) is 38.9 Å². The molecule has 0 saturated carbocycles. The highest BCUT2D eigenvalue weighted by atomic mass is 15.4. The van der Waals surface area contributed by atoms with E-state index in [-0.39, 0.29) is 0 Å². The molecular weight excluding hydrogens is 220 g/mol. The summed E-state index contributed by atoms with van der Waals surface area (Å²) in [5.41, 5.74) is 1.81. The lowest BCUT2D eigenvalue weighted by Crippen LogP contribution is -2.68. The number of hydrogen-bond donors (Lipinski definition) is 0. The molecule has 1 aromatic carbocycles. The van der Waals surface area contributed by atoms with E-state index in [2.05, 4.69) is 61.0 Å². The minimum absolute atomic E-state index is 0.348. The summed E-state index contributed by atoms with van der Waals surface area (Å²) in [6, 6.07) is 11.5. The monoisotopic (exact) mass is 244 g/mol. The summed E-state index contributed by atoms with van der Waals surface area (Å²) in [7, 11) is 2.28. The van der Waals surface area contributed by atoms with Gasteiger partial charge in [-0.15, -0.1) is 0 Å². The number of hydrogen-bond acceptors (Lipinski definition) is 2. The predicted octanol–water partition coefficient (Wildman–Crippen LogP) is 3.12. The fourth-order valence-electron chi connectivity index (χ4n) is 4.26. The van der Waals surface area contributed by atoms with Crippen LogP contribution in [0.25, 0.3) is 0 Å². The Morgan fingerprint density at radius 2 is 1.67 bits per heavy atom. The third-order valence-electron chi connectivity index (χ3n) is 4.77. The van der Waals surface area contributed by atoms with Gasteiger partial charge in [0.15, 0.2) is 0 Å². The second-order valence-corrected chi connectivity index (χ2v) is 6.42. The number of rotatable bonds is 2. The fraction of sp³-hybridized carbons (Fsp3) is 0.625. The Labute approximate surface area is 111 Å². The molecule has 1 aromatic rings. The maximum absolute atomic E-state index is 2.67. The van der Waals surface area contributed by atoms with Crippen LogP contribution in [-0.4, -0.2) is 36.1 Å². The highest BCUT2D eigenvalue weighted by Crippen LogP contribution is 2.53. The van der Waals surface area contributed by atoms with Crippen LogP contribution in [0.4, 0.5) is 0 Å². The van der Waals surface area contributed by atoms with Gasteiger partial charge in [-0.3, -0.25) is 9.80 Å². The van der Waals surface area contributed by atoms with Crippen molar-refractivity contribution in [3.8, 4) is 0 Å². The first kappa shape index (κ1) is 12.2. The van der Waals surface area contributed by atoms with Gasteiger partial charge in [-0.2, -0.15) is 0 Å². The topological polar surface area (TPSA) is 6.48 Å². The first-order valence-electron chi connectivity index (χ1n) is 7.13. The van der Waals surface area contributed by atoms with Crippen LogP contribution in [0, 0.1) is 5.41 Å². The van der Waals surface area contributed by atoms with Gasteiger partial charge in [-0.25, -0.2) is 0 Å². The molecule has 2 unspecified atom stereocenters. The maximum Gasteiger partial charge on any atom is 0.0696 e. The molecule has 0 bridgehead atoms. The molecule has 2 heteroatoms. The molecule has 3 rings (SSSR count). The Balaban J connectivity index is 1.83. The van der Waals surface area contributed by atoms with Gasteiger partial charge >= 0.3 is 0 Å². The molecule has 0 N–H and O–H groups in total. The highest BCUT2D eigenvalue weighted by Gasteiger charge is 2.55. The lowest BCUT2D eigenvalue weighted by atomic mass is 9.68. The van der Waals surface area contributed by atoms with Crippen LogP contribution in [0.2, 0.25) is 0 Å². The summed E-state index contributed by atoms with van der Waals surface area (Å²) in [6.07, 6.45) is 3.36. The average molecular weight is 244 g/mol. The van der Waals surface area contributed by atoms with Gasteiger partial charge < -0.3 is 0 Å². The van der Waals surface area contributed by atoms with Crippen molar-refractivity contribution < 1.29 is 0 Å². The zero-order chi connectivity index (χ0) is 12.8. The summed E-state index contributed by atoms with van der Waals surface area (Å²) in [5.74, 6) is 0. The van der Waals surface area contributed by atoms with Gasteiger partial charge in [0.05, 0.1) is 6.17 Å². The van der Waals surface area contributed by atoms with E-state index in [1.165, 1.54) is 31.5 Å². The van der Waals surface area contributed by atoms with Crippen LogP contribution < -0.4 is 0 Å². The van der Waals surface area contributed by atoms with E-state index in [1.807, 2.05) is 0 Å². The smallest absolute Gasteiger partial charge is 0.0696 e. The number of likely N-dealkylation sites (tertiary alicyclic amines) is 2. The fourth-order valence-corrected chi connectivity index (χ4v) is 4.26. The normalized spacial score (nSPS) is 32.4. The van der Waals surface area contributed by atoms with Crippen LogP contribution in [0.3, 0.4) is 0 Å². The van der Waals surface area contributed by atoms with Gasteiger partial charge in [0.25, 0.3) is 0 Å². The predicted molar refractivity (Wildman–Crippen MR) is 75.3 cm³/mol. The molecule has 2 aliphatic rings. The lowest BCUT2D eigenvalue weighted by Gasteiger charge is -2.62. The highest BCUT2D eigenvalue weighted by molar-refractivity contribution is 5.26. The molecule has 0 aliphatic carbocycles. The van der Waals surface area contributed by atoms with E-state index in [4.69, 9.17) is 0 Å². The summed E-state index contributed by atoms with van der Waals surface area (Å²) >= 11 is 0. The van der Waals surface area contributed by atoms with Crippen LogP contribution in [0.5, 0.6) is 0 Å². The van der Waals surface area contributed by atoms with Gasteiger partial charge in [-0.1, -0.05) is 44.2 Å². The van der Waals surface area contributed by atoms with Crippen molar-refractivity contribution in [3.05, 3.63) is 35.9 Å². The molecule has 2 heterocycles. The molecule has 2 atom stereocenters. The summed E-state index contributed by atoms with van der Waals surface area (Å²) in [5, 5.41) is 0. The van der Waals surface area contributed by atoms with Crippen molar-refractivity contribution in [1.82, 2.24) is 9.80 Å². The number of nitrogens with zero attached hydrogens (tertiary/aromatic N) is 2. The molecule has 2 nitrogen and oxygen atoms in total. The van der Waals surface area contributed by atoms with E-state index < -0.39 is 0 Å². The van der Waals surface area contributed by atoms with Crippen molar-refractivity contribution in [2.24, 2.45) is 5.41 Å². The molecule has 98 valence electrons.